The third-order valence-corrected chi connectivity index (χ3v) is 3.95. The normalized spacial score (nSPS) is 10.4. The van der Waals surface area contributed by atoms with Crippen LogP contribution in [0.5, 0.6) is 0 Å². The molecule has 25 heavy (non-hydrogen) atoms. The van der Waals surface area contributed by atoms with Crippen molar-refractivity contribution in [3.05, 3.63) is 87.1 Å². The number of nitro groups is 1. The molecule has 8 heteroatoms. The van der Waals surface area contributed by atoms with E-state index in [1.54, 1.807) is 22.9 Å². The zero-order chi connectivity index (χ0) is 17.8. The number of halogens is 1. The Morgan fingerprint density at radius 1 is 1.16 bits per heavy atom. The molecule has 0 aliphatic carbocycles. The zero-order valence-electron chi connectivity index (χ0n) is 12.9. The van der Waals surface area contributed by atoms with E-state index in [9.17, 15) is 14.9 Å². The number of carbonyl (C=O) groups excluding carboxylic acids is 1. The summed E-state index contributed by atoms with van der Waals surface area (Å²) in [7, 11) is 0. The third kappa shape index (κ3) is 3.67. The van der Waals surface area contributed by atoms with Crippen LogP contribution in [0.25, 0.3) is 0 Å². The molecule has 2 aromatic carbocycles. The molecule has 0 bridgehead atoms. The molecule has 0 saturated heterocycles. The zero-order valence-corrected chi connectivity index (χ0v) is 13.7. The van der Waals surface area contributed by atoms with Crippen molar-refractivity contribution >= 4 is 29.0 Å². The first-order valence-electron chi connectivity index (χ1n) is 7.36. The fourth-order valence-electron chi connectivity index (χ4n) is 2.36. The minimum atomic E-state index is -0.587. The van der Waals surface area contributed by atoms with Crippen LogP contribution in [-0.2, 0) is 6.54 Å². The van der Waals surface area contributed by atoms with E-state index in [1.807, 2.05) is 18.2 Å². The van der Waals surface area contributed by atoms with Crippen molar-refractivity contribution in [2.45, 2.75) is 6.54 Å². The van der Waals surface area contributed by atoms with Gasteiger partial charge < -0.3 is 5.32 Å². The van der Waals surface area contributed by atoms with E-state index in [0.29, 0.717) is 17.4 Å². The number of aromatic nitrogens is 2. The van der Waals surface area contributed by atoms with Gasteiger partial charge in [-0.1, -0.05) is 41.9 Å². The summed E-state index contributed by atoms with van der Waals surface area (Å²) >= 11 is 6.15. The highest BCUT2D eigenvalue weighted by Crippen LogP contribution is 2.21. The molecule has 0 atom stereocenters. The van der Waals surface area contributed by atoms with Crippen LogP contribution in [0.1, 0.15) is 15.9 Å². The summed E-state index contributed by atoms with van der Waals surface area (Å²) in [4.78, 5) is 22.9. The van der Waals surface area contributed by atoms with Gasteiger partial charge in [0.05, 0.1) is 17.7 Å². The highest BCUT2D eigenvalue weighted by molar-refractivity contribution is 6.31. The highest BCUT2D eigenvalue weighted by atomic mass is 35.5. The molecule has 3 aromatic rings. The van der Waals surface area contributed by atoms with Gasteiger partial charge >= 0.3 is 0 Å². The predicted molar refractivity (Wildman–Crippen MR) is 93.8 cm³/mol. The maximum Gasteiger partial charge on any atom is 0.282 e. The molecule has 0 radical (unpaired) electrons. The Morgan fingerprint density at radius 2 is 1.88 bits per heavy atom. The Morgan fingerprint density at radius 3 is 2.64 bits per heavy atom. The summed E-state index contributed by atoms with van der Waals surface area (Å²) in [6.07, 6.45) is 1.53. The second kappa shape index (κ2) is 7.14. The lowest BCUT2D eigenvalue weighted by Crippen LogP contribution is -2.17. The standard InChI is InChI=1S/C17H13ClN4O3/c18-14-7-3-1-5-12(14)11-21-16(9-10-19-21)20-17(23)13-6-2-4-8-15(13)22(24)25/h1-10H,11H2,(H,20,23). The molecule has 0 spiro atoms. The molecule has 0 aliphatic heterocycles. The molecule has 0 fully saturated rings. The number of hydrogen-bond donors (Lipinski definition) is 1. The first kappa shape index (κ1) is 16.7. The largest absolute Gasteiger partial charge is 0.307 e. The Labute approximate surface area is 148 Å². The van der Waals surface area contributed by atoms with Gasteiger partial charge in [-0.05, 0) is 17.7 Å². The number of amides is 1. The molecular weight excluding hydrogens is 344 g/mol. The van der Waals surface area contributed by atoms with Crippen LogP contribution in [0.3, 0.4) is 0 Å². The molecule has 1 heterocycles. The molecule has 1 aromatic heterocycles. The van der Waals surface area contributed by atoms with Crippen molar-refractivity contribution in [3.63, 3.8) is 0 Å². The summed E-state index contributed by atoms with van der Waals surface area (Å²) in [6.45, 7) is 0.360. The summed E-state index contributed by atoms with van der Waals surface area (Å²) < 4.78 is 1.56. The van der Waals surface area contributed by atoms with Gasteiger partial charge in [-0.3, -0.25) is 14.9 Å². The monoisotopic (exact) mass is 356 g/mol. The second-order valence-corrected chi connectivity index (χ2v) is 5.60. The number of anilines is 1. The first-order chi connectivity index (χ1) is 12.1. The number of benzene rings is 2. The van der Waals surface area contributed by atoms with E-state index >= 15 is 0 Å². The lowest BCUT2D eigenvalue weighted by Gasteiger charge is -2.10. The topological polar surface area (TPSA) is 90.1 Å². The summed E-state index contributed by atoms with van der Waals surface area (Å²) in [5, 5.41) is 18.5. The van der Waals surface area contributed by atoms with Gasteiger partial charge in [0.1, 0.15) is 11.4 Å². The van der Waals surface area contributed by atoms with E-state index < -0.39 is 10.8 Å². The highest BCUT2D eigenvalue weighted by Gasteiger charge is 2.20. The predicted octanol–water partition coefficient (Wildman–Crippen LogP) is 3.75. The maximum absolute atomic E-state index is 12.4. The molecule has 0 unspecified atom stereocenters. The van der Waals surface area contributed by atoms with Gasteiger partial charge in [-0.2, -0.15) is 5.10 Å². The fraction of sp³-hybridized carbons (Fsp3) is 0.0588. The van der Waals surface area contributed by atoms with Crippen LogP contribution < -0.4 is 5.32 Å². The molecular formula is C17H13ClN4O3. The van der Waals surface area contributed by atoms with Crippen LogP contribution in [0.4, 0.5) is 11.5 Å². The molecule has 0 aliphatic rings. The minimum Gasteiger partial charge on any atom is -0.307 e. The number of nitrogens with one attached hydrogen (secondary N) is 1. The Balaban J connectivity index is 1.83. The van der Waals surface area contributed by atoms with Gasteiger partial charge in [0, 0.05) is 17.2 Å². The fourth-order valence-corrected chi connectivity index (χ4v) is 2.56. The summed E-state index contributed by atoms with van der Waals surface area (Å²) in [6, 6.07) is 14.7. The smallest absolute Gasteiger partial charge is 0.282 e. The van der Waals surface area contributed by atoms with E-state index in [2.05, 4.69) is 10.4 Å². The van der Waals surface area contributed by atoms with E-state index in [1.165, 1.54) is 24.4 Å². The molecule has 1 N–H and O–H groups in total. The number of para-hydroxylation sites is 1. The van der Waals surface area contributed by atoms with Crippen LogP contribution >= 0.6 is 11.6 Å². The molecule has 7 nitrogen and oxygen atoms in total. The SMILES string of the molecule is O=C(Nc1ccnn1Cc1ccccc1Cl)c1ccccc1[N+](=O)[O-]. The number of nitro benzene ring substituents is 1. The van der Waals surface area contributed by atoms with E-state index in [-0.39, 0.29) is 11.3 Å². The lowest BCUT2D eigenvalue weighted by molar-refractivity contribution is -0.385. The van der Waals surface area contributed by atoms with Crippen molar-refractivity contribution in [2.75, 3.05) is 5.32 Å². The quantitative estimate of drug-likeness (QED) is 0.557. The number of carbonyl (C=O) groups is 1. The lowest BCUT2D eigenvalue weighted by atomic mass is 10.1. The van der Waals surface area contributed by atoms with Crippen molar-refractivity contribution in [1.29, 1.82) is 0 Å². The number of nitrogens with zero attached hydrogens (tertiary/aromatic N) is 3. The number of hydrogen-bond acceptors (Lipinski definition) is 4. The number of rotatable bonds is 5. The Kier molecular flexibility index (Phi) is 4.76. The molecule has 1 amide bonds. The first-order valence-corrected chi connectivity index (χ1v) is 7.74. The average molecular weight is 357 g/mol. The third-order valence-electron chi connectivity index (χ3n) is 3.58. The second-order valence-electron chi connectivity index (χ2n) is 5.19. The van der Waals surface area contributed by atoms with Crippen LogP contribution in [0.2, 0.25) is 5.02 Å². The van der Waals surface area contributed by atoms with Gasteiger partial charge in [0.25, 0.3) is 11.6 Å². The van der Waals surface area contributed by atoms with Gasteiger partial charge in [-0.25, -0.2) is 4.68 Å². The van der Waals surface area contributed by atoms with Gasteiger partial charge in [-0.15, -0.1) is 0 Å². The Hall–Kier alpha value is -3.19. The molecule has 0 saturated carbocycles. The summed E-state index contributed by atoms with van der Waals surface area (Å²) in [5.41, 5.74) is 0.573. The minimum absolute atomic E-state index is 0.0157. The van der Waals surface area contributed by atoms with Crippen molar-refractivity contribution in [3.8, 4) is 0 Å². The van der Waals surface area contributed by atoms with E-state index in [4.69, 9.17) is 11.6 Å². The molecule has 126 valence electrons. The van der Waals surface area contributed by atoms with Crippen molar-refractivity contribution in [2.24, 2.45) is 0 Å². The van der Waals surface area contributed by atoms with Crippen LogP contribution in [0.15, 0.2) is 60.8 Å². The average Bonchev–Trinajstić information content (AvgIpc) is 3.03. The van der Waals surface area contributed by atoms with Gasteiger partial charge in [0.2, 0.25) is 0 Å². The molecule has 3 rings (SSSR count). The van der Waals surface area contributed by atoms with Crippen LogP contribution in [-0.4, -0.2) is 20.6 Å². The summed E-state index contributed by atoms with van der Waals surface area (Å²) in [5.74, 6) is -0.156. The van der Waals surface area contributed by atoms with Gasteiger partial charge in [0.15, 0.2) is 0 Å². The maximum atomic E-state index is 12.4. The Bertz CT molecular complexity index is 939. The van der Waals surface area contributed by atoms with Crippen molar-refractivity contribution < 1.29 is 9.72 Å². The van der Waals surface area contributed by atoms with Crippen molar-refractivity contribution in [1.82, 2.24) is 9.78 Å². The van der Waals surface area contributed by atoms with E-state index in [0.717, 1.165) is 5.56 Å². The van der Waals surface area contributed by atoms with Crippen LogP contribution in [0, 0.1) is 10.1 Å².